The SMILES string of the molecule is CCc1oc(C(C)(C)C)cc(=O)c1C(=O)NC. The molecular weight excluding hydrogens is 218 g/mol. The van der Waals surface area contributed by atoms with E-state index < -0.39 is 5.91 Å². The highest BCUT2D eigenvalue weighted by molar-refractivity contribution is 5.94. The van der Waals surface area contributed by atoms with Gasteiger partial charge in [0.15, 0.2) is 5.43 Å². The van der Waals surface area contributed by atoms with Gasteiger partial charge < -0.3 is 9.73 Å². The van der Waals surface area contributed by atoms with Crippen LogP contribution < -0.4 is 10.7 Å². The molecule has 1 aromatic rings. The van der Waals surface area contributed by atoms with Crippen molar-refractivity contribution in [1.82, 2.24) is 5.32 Å². The predicted molar refractivity (Wildman–Crippen MR) is 66.4 cm³/mol. The molecule has 4 heteroatoms. The maximum absolute atomic E-state index is 11.9. The molecule has 0 atom stereocenters. The van der Waals surface area contributed by atoms with Gasteiger partial charge in [-0.2, -0.15) is 0 Å². The third kappa shape index (κ3) is 2.75. The van der Waals surface area contributed by atoms with E-state index in [1.54, 1.807) is 0 Å². The number of carbonyl (C=O) groups is 1. The van der Waals surface area contributed by atoms with Gasteiger partial charge in [0.05, 0.1) is 0 Å². The summed E-state index contributed by atoms with van der Waals surface area (Å²) in [7, 11) is 1.50. The molecule has 0 aliphatic heterocycles. The molecule has 0 spiro atoms. The van der Waals surface area contributed by atoms with Crippen LogP contribution in [0, 0.1) is 0 Å². The van der Waals surface area contributed by atoms with Gasteiger partial charge in [0.2, 0.25) is 0 Å². The molecule has 1 rings (SSSR count). The summed E-state index contributed by atoms with van der Waals surface area (Å²) in [5, 5.41) is 2.46. The number of amides is 1. The fourth-order valence-electron chi connectivity index (χ4n) is 1.52. The fraction of sp³-hybridized carbons (Fsp3) is 0.538. The molecule has 0 unspecified atom stereocenters. The maximum Gasteiger partial charge on any atom is 0.258 e. The first kappa shape index (κ1) is 13.5. The highest BCUT2D eigenvalue weighted by Gasteiger charge is 2.23. The lowest BCUT2D eigenvalue weighted by Crippen LogP contribution is -2.28. The Morgan fingerprint density at radius 3 is 2.41 bits per heavy atom. The van der Waals surface area contributed by atoms with Gasteiger partial charge in [-0.3, -0.25) is 9.59 Å². The third-order valence-corrected chi connectivity index (χ3v) is 2.54. The summed E-state index contributed by atoms with van der Waals surface area (Å²) >= 11 is 0. The summed E-state index contributed by atoms with van der Waals surface area (Å²) in [5.41, 5.74) is -0.412. The second kappa shape index (κ2) is 4.73. The molecule has 0 aliphatic rings. The minimum atomic E-state index is -0.393. The smallest absolute Gasteiger partial charge is 0.258 e. The quantitative estimate of drug-likeness (QED) is 0.854. The molecule has 1 heterocycles. The normalized spacial score (nSPS) is 11.4. The van der Waals surface area contributed by atoms with Crippen molar-refractivity contribution in [1.29, 1.82) is 0 Å². The summed E-state index contributed by atoms with van der Waals surface area (Å²) < 4.78 is 5.67. The van der Waals surface area contributed by atoms with Crippen molar-refractivity contribution in [2.75, 3.05) is 7.05 Å². The van der Waals surface area contributed by atoms with Gasteiger partial charge in [0, 0.05) is 24.9 Å². The van der Waals surface area contributed by atoms with Crippen molar-refractivity contribution in [3.05, 3.63) is 33.4 Å². The molecule has 0 aromatic carbocycles. The zero-order chi connectivity index (χ0) is 13.2. The van der Waals surface area contributed by atoms with Crippen LogP contribution in [-0.2, 0) is 11.8 Å². The monoisotopic (exact) mass is 237 g/mol. The average molecular weight is 237 g/mol. The van der Waals surface area contributed by atoms with Crippen LogP contribution >= 0.6 is 0 Å². The number of rotatable bonds is 2. The first-order valence-electron chi connectivity index (χ1n) is 5.70. The molecule has 1 amide bonds. The molecule has 0 radical (unpaired) electrons. The molecule has 4 nitrogen and oxygen atoms in total. The van der Waals surface area contributed by atoms with Gasteiger partial charge in [-0.15, -0.1) is 0 Å². The molecule has 1 aromatic heterocycles. The molecule has 1 N–H and O–H groups in total. The Bertz CT molecular complexity index is 480. The van der Waals surface area contributed by atoms with Crippen LogP contribution in [0.1, 0.15) is 49.6 Å². The van der Waals surface area contributed by atoms with Crippen LogP contribution in [0.15, 0.2) is 15.3 Å². The van der Waals surface area contributed by atoms with Crippen molar-refractivity contribution in [2.45, 2.75) is 39.5 Å². The van der Waals surface area contributed by atoms with Gasteiger partial charge >= 0.3 is 0 Å². The average Bonchev–Trinajstić information content (AvgIpc) is 2.25. The molecule has 0 saturated carbocycles. The Morgan fingerprint density at radius 2 is 2.00 bits per heavy atom. The number of hydrogen-bond acceptors (Lipinski definition) is 3. The van der Waals surface area contributed by atoms with E-state index in [9.17, 15) is 9.59 Å². The molecule has 94 valence electrons. The van der Waals surface area contributed by atoms with Crippen molar-refractivity contribution in [3.63, 3.8) is 0 Å². The van der Waals surface area contributed by atoms with Crippen molar-refractivity contribution < 1.29 is 9.21 Å². The van der Waals surface area contributed by atoms with E-state index in [-0.39, 0.29) is 16.4 Å². The Kier molecular flexibility index (Phi) is 3.76. The Labute approximate surface area is 101 Å². The van der Waals surface area contributed by atoms with E-state index in [1.807, 2.05) is 27.7 Å². The highest BCUT2D eigenvalue weighted by atomic mass is 16.3. The van der Waals surface area contributed by atoms with Crippen molar-refractivity contribution >= 4 is 5.91 Å². The first-order chi connectivity index (χ1) is 7.81. The second-order valence-electron chi connectivity index (χ2n) is 4.96. The van der Waals surface area contributed by atoms with Gasteiger partial charge in [0.25, 0.3) is 5.91 Å². The predicted octanol–water partition coefficient (Wildman–Crippen LogP) is 1.86. The second-order valence-corrected chi connectivity index (χ2v) is 4.96. The van der Waals surface area contributed by atoms with E-state index in [2.05, 4.69) is 5.32 Å². The summed E-state index contributed by atoms with van der Waals surface area (Å²) in [6.45, 7) is 7.75. The van der Waals surface area contributed by atoms with Gasteiger partial charge in [-0.1, -0.05) is 27.7 Å². The van der Waals surface area contributed by atoms with Crippen LogP contribution in [0.4, 0.5) is 0 Å². The lowest BCUT2D eigenvalue weighted by atomic mass is 9.92. The van der Waals surface area contributed by atoms with E-state index >= 15 is 0 Å². The topological polar surface area (TPSA) is 59.3 Å². The molecular formula is C13H19NO3. The van der Waals surface area contributed by atoms with Crippen LogP contribution in [-0.4, -0.2) is 13.0 Å². The van der Waals surface area contributed by atoms with Crippen LogP contribution in [0.5, 0.6) is 0 Å². The number of nitrogens with one attached hydrogen (secondary N) is 1. The van der Waals surface area contributed by atoms with Gasteiger partial charge in [-0.25, -0.2) is 0 Å². The Morgan fingerprint density at radius 1 is 1.41 bits per heavy atom. The van der Waals surface area contributed by atoms with E-state index in [4.69, 9.17) is 4.42 Å². The van der Waals surface area contributed by atoms with Crippen molar-refractivity contribution in [2.24, 2.45) is 0 Å². The number of carbonyl (C=O) groups excluding carboxylic acids is 1. The van der Waals surface area contributed by atoms with Gasteiger partial charge in [0.1, 0.15) is 17.1 Å². The molecule has 0 saturated heterocycles. The number of hydrogen-bond donors (Lipinski definition) is 1. The molecule has 0 fully saturated rings. The van der Waals surface area contributed by atoms with Gasteiger partial charge in [-0.05, 0) is 0 Å². The molecule has 0 bridgehead atoms. The number of aryl methyl sites for hydroxylation is 1. The fourth-order valence-corrected chi connectivity index (χ4v) is 1.52. The summed E-state index contributed by atoms with van der Waals surface area (Å²) in [4.78, 5) is 23.5. The van der Waals surface area contributed by atoms with E-state index in [0.29, 0.717) is 17.9 Å². The minimum absolute atomic E-state index is 0.114. The standard InChI is InChI=1S/C13H19NO3/c1-6-9-11(12(16)14-5)8(15)7-10(17-9)13(2,3)4/h7H,6H2,1-5H3,(H,14,16). The summed E-state index contributed by atoms with van der Waals surface area (Å²) in [6.07, 6.45) is 0.516. The van der Waals surface area contributed by atoms with E-state index in [1.165, 1.54) is 13.1 Å². The summed E-state index contributed by atoms with van der Waals surface area (Å²) in [6, 6.07) is 1.41. The lowest BCUT2D eigenvalue weighted by molar-refractivity contribution is 0.0957. The molecule has 17 heavy (non-hydrogen) atoms. The van der Waals surface area contributed by atoms with Crippen LogP contribution in [0.25, 0.3) is 0 Å². The largest absolute Gasteiger partial charge is 0.464 e. The van der Waals surface area contributed by atoms with E-state index in [0.717, 1.165) is 0 Å². The van der Waals surface area contributed by atoms with Crippen LogP contribution in [0.2, 0.25) is 0 Å². The van der Waals surface area contributed by atoms with Crippen LogP contribution in [0.3, 0.4) is 0 Å². The molecule has 0 aliphatic carbocycles. The Balaban J connectivity index is 3.47. The lowest BCUT2D eigenvalue weighted by Gasteiger charge is -2.18. The Hall–Kier alpha value is -1.58. The zero-order valence-corrected chi connectivity index (χ0v) is 11.0. The van der Waals surface area contributed by atoms with Crippen molar-refractivity contribution in [3.8, 4) is 0 Å². The maximum atomic E-state index is 11.9. The first-order valence-corrected chi connectivity index (χ1v) is 5.70. The zero-order valence-electron chi connectivity index (χ0n) is 11.0. The third-order valence-electron chi connectivity index (χ3n) is 2.54. The minimum Gasteiger partial charge on any atom is -0.464 e. The summed E-state index contributed by atoms with van der Waals surface area (Å²) in [5.74, 6) is 0.657. The highest BCUT2D eigenvalue weighted by Crippen LogP contribution is 2.23.